The summed E-state index contributed by atoms with van der Waals surface area (Å²) in [6.07, 6.45) is 0.974. The summed E-state index contributed by atoms with van der Waals surface area (Å²) in [5, 5.41) is 3.32. The van der Waals surface area contributed by atoms with E-state index >= 15 is 0 Å². The van der Waals surface area contributed by atoms with E-state index in [4.69, 9.17) is 0 Å². The van der Waals surface area contributed by atoms with E-state index < -0.39 is 5.95 Å². The average Bonchev–Trinajstić information content (AvgIpc) is 2.38. The molecule has 100 valence electrons. The van der Waals surface area contributed by atoms with E-state index in [-0.39, 0.29) is 6.04 Å². The Morgan fingerprint density at radius 3 is 2.42 bits per heavy atom. The number of aromatic nitrogens is 1. The van der Waals surface area contributed by atoms with Crippen LogP contribution in [0.5, 0.6) is 0 Å². The molecule has 0 aliphatic heterocycles. The summed E-state index contributed by atoms with van der Waals surface area (Å²) in [6.45, 7) is 4.35. The van der Waals surface area contributed by atoms with Crippen LogP contribution in [0, 0.1) is 11.9 Å². The van der Waals surface area contributed by atoms with Crippen LogP contribution >= 0.6 is 0 Å². The second kappa shape index (κ2) is 6.32. The number of hydrogen-bond donors (Lipinski definition) is 1. The summed E-state index contributed by atoms with van der Waals surface area (Å²) >= 11 is 0. The average molecular weight is 258 g/mol. The van der Waals surface area contributed by atoms with Gasteiger partial charge in [0.05, 0.1) is 6.04 Å². The van der Waals surface area contributed by atoms with E-state index in [0.717, 1.165) is 6.42 Å². The lowest BCUT2D eigenvalue weighted by Gasteiger charge is -2.21. The Bertz CT molecular complexity index is 511. The molecule has 0 aliphatic rings. The number of nitrogens with one attached hydrogen (secondary N) is 1. The molecule has 3 heteroatoms. The van der Waals surface area contributed by atoms with Gasteiger partial charge in [-0.1, -0.05) is 50.2 Å². The van der Waals surface area contributed by atoms with Crippen molar-refractivity contribution < 1.29 is 4.39 Å². The molecule has 0 fully saturated rings. The maximum Gasteiger partial charge on any atom is 0.214 e. The molecule has 1 N–H and O–H groups in total. The Morgan fingerprint density at radius 1 is 1.05 bits per heavy atom. The van der Waals surface area contributed by atoms with Gasteiger partial charge in [0.15, 0.2) is 0 Å². The highest BCUT2D eigenvalue weighted by atomic mass is 19.1. The second-order valence-corrected chi connectivity index (χ2v) is 5.08. The molecule has 0 saturated heterocycles. The third-order valence-corrected chi connectivity index (χ3v) is 2.95. The van der Waals surface area contributed by atoms with Gasteiger partial charge in [-0.15, -0.1) is 0 Å². The zero-order chi connectivity index (χ0) is 13.7. The minimum Gasteiger partial charge on any atom is -0.363 e. The van der Waals surface area contributed by atoms with Crippen molar-refractivity contribution in [2.75, 3.05) is 5.32 Å². The Hall–Kier alpha value is -1.90. The maximum atomic E-state index is 13.1. The fourth-order valence-electron chi connectivity index (χ4n) is 2.10. The van der Waals surface area contributed by atoms with E-state index in [2.05, 4.69) is 36.3 Å². The van der Waals surface area contributed by atoms with E-state index in [1.807, 2.05) is 18.2 Å². The number of benzene rings is 1. The summed E-state index contributed by atoms with van der Waals surface area (Å²) in [5.74, 6) is 0.669. The SMILES string of the molecule is CC(C)CC(Nc1cccc(F)n1)c1ccccc1. The van der Waals surface area contributed by atoms with Crippen LogP contribution in [0.4, 0.5) is 10.2 Å². The van der Waals surface area contributed by atoms with Gasteiger partial charge in [-0.2, -0.15) is 4.39 Å². The van der Waals surface area contributed by atoms with E-state index in [1.165, 1.54) is 11.6 Å². The van der Waals surface area contributed by atoms with Gasteiger partial charge in [0, 0.05) is 0 Å². The van der Waals surface area contributed by atoms with Gasteiger partial charge < -0.3 is 5.32 Å². The van der Waals surface area contributed by atoms with E-state index in [9.17, 15) is 4.39 Å². The molecule has 1 aromatic heterocycles. The van der Waals surface area contributed by atoms with Crippen LogP contribution in [0.2, 0.25) is 0 Å². The number of nitrogens with zero attached hydrogens (tertiary/aromatic N) is 1. The third-order valence-electron chi connectivity index (χ3n) is 2.95. The van der Waals surface area contributed by atoms with Gasteiger partial charge in [0.2, 0.25) is 5.95 Å². The van der Waals surface area contributed by atoms with Crippen LogP contribution in [-0.2, 0) is 0 Å². The first-order chi connectivity index (χ1) is 9.15. The van der Waals surface area contributed by atoms with Gasteiger partial charge >= 0.3 is 0 Å². The van der Waals surface area contributed by atoms with Crippen molar-refractivity contribution in [1.82, 2.24) is 4.98 Å². The van der Waals surface area contributed by atoms with Gasteiger partial charge in [0.25, 0.3) is 0 Å². The molecule has 0 bridgehead atoms. The molecule has 0 spiro atoms. The largest absolute Gasteiger partial charge is 0.363 e. The zero-order valence-corrected chi connectivity index (χ0v) is 11.3. The predicted octanol–water partition coefficient (Wildman–Crippen LogP) is 4.42. The van der Waals surface area contributed by atoms with E-state index in [0.29, 0.717) is 11.7 Å². The van der Waals surface area contributed by atoms with Crippen molar-refractivity contribution in [3.63, 3.8) is 0 Å². The van der Waals surface area contributed by atoms with Crippen molar-refractivity contribution in [1.29, 1.82) is 0 Å². The highest BCUT2D eigenvalue weighted by molar-refractivity contribution is 5.38. The molecular weight excluding hydrogens is 239 g/mol. The Morgan fingerprint density at radius 2 is 1.79 bits per heavy atom. The van der Waals surface area contributed by atoms with Crippen LogP contribution in [0.15, 0.2) is 48.5 Å². The molecule has 19 heavy (non-hydrogen) atoms. The van der Waals surface area contributed by atoms with Crippen LogP contribution in [0.25, 0.3) is 0 Å². The molecule has 0 amide bonds. The summed E-state index contributed by atoms with van der Waals surface area (Å²) in [6, 6.07) is 15.2. The molecule has 2 nitrogen and oxygen atoms in total. The fraction of sp³-hybridized carbons (Fsp3) is 0.312. The molecule has 1 unspecified atom stereocenters. The van der Waals surface area contributed by atoms with Crippen molar-refractivity contribution >= 4 is 5.82 Å². The first-order valence-corrected chi connectivity index (χ1v) is 6.59. The minimum absolute atomic E-state index is 0.149. The summed E-state index contributed by atoms with van der Waals surface area (Å²) in [5.41, 5.74) is 1.20. The van der Waals surface area contributed by atoms with Gasteiger partial charge in [-0.05, 0) is 30.0 Å². The van der Waals surface area contributed by atoms with Crippen molar-refractivity contribution in [2.24, 2.45) is 5.92 Å². The number of hydrogen-bond acceptors (Lipinski definition) is 2. The molecular formula is C16H19FN2. The number of anilines is 1. The molecule has 0 aliphatic carbocycles. The lowest BCUT2D eigenvalue weighted by molar-refractivity contribution is 0.527. The van der Waals surface area contributed by atoms with Crippen LogP contribution in [0.3, 0.4) is 0 Å². The standard InChI is InChI=1S/C16H19FN2/c1-12(2)11-14(13-7-4-3-5-8-13)18-16-10-6-9-15(17)19-16/h3-10,12,14H,11H2,1-2H3,(H,18,19). The highest BCUT2D eigenvalue weighted by Gasteiger charge is 2.13. The maximum absolute atomic E-state index is 13.1. The van der Waals surface area contributed by atoms with Crippen molar-refractivity contribution in [3.05, 3.63) is 60.0 Å². The molecule has 1 aromatic carbocycles. The molecule has 0 saturated carbocycles. The summed E-state index contributed by atoms with van der Waals surface area (Å²) in [4.78, 5) is 3.87. The molecule has 2 aromatic rings. The lowest BCUT2D eigenvalue weighted by atomic mass is 9.97. The Balaban J connectivity index is 2.19. The molecule has 2 rings (SSSR count). The summed E-state index contributed by atoms with van der Waals surface area (Å²) in [7, 11) is 0. The van der Waals surface area contributed by atoms with Crippen molar-refractivity contribution in [3.8, 4) is 0 Å². The van der Waals surface area contributed by atoms with Crippen molar-refractivity contribution in [2.45, 2.75) is 26.3 Å². The van der Waals surface area contributed by atoms with Gasteiger partial charge in [-0.3, -0.25) is 0 Å². The zero-order valence-electron chi connectivity index (χ0n) is 11.3. The van der Waals surface area contributed by atoms with Gasteiger partial charge in [0.1, 0.15) is 5.82 Å². The third kappa shape index (κ3) is 4.05. The fourth-order valence-corrected chi connectivity index (χ4v) is 2.10. The van der Waals surface area contributed by atoms with E-state index in [1.54, 1.807) is 12.1 Å². The van der Waals surface area contributed by atoms with Crippen LogP contribution < -0.4 is 5.32 Å². The molecule has 1 heterocycles. The van der Waals surface area contributed by atoms with Gasteiger partial charge in [-0.25, -0.2) is 4.98 Å². The Kier molecular flexibility index (Phi) is 4.50. The number of pyridine rings is 1. The Labute approximate surface area is 113 Å². The monoisotopic (exact) mass is 258 g/mol. The second-order valence-electron chi connectivity index (χ2n) is 5.08. The minimum atomic E-state index is -0.457. The first-order valence-electron chi connectivity index (χ1n) is 6.59. The quantitative estimate of drug-likeness (QED) is 0.803. The molecule has 1 atom stereocenters. The normalized spacial score (nSPS) is 12.4. The first kappa shape index (κ1) is 13.5. The number of rotatable bonds is 5. The smallest absolute Gasteiger partial charge is 0.214 e. The predicted molar refractivity (Wildman–Crippen MR) is 76.5 cm³/mol. The molecule has 0 radical (unpaired) electrons. The van der Waals surface area contributed by atoms with Crippen LogP contribution in [-0.4, -0.2) is 4.98 Å². The van der Waals surface area contributed by atoms with Crippen LogP contribution in [0.1, 0.15) is 31.9 Å². The lowest BCUT2D eigenvalue weighted by Crippen LogP contribution is -2.14. The number of halogens is 1. The summed E-state index contributed by atoms with van der Waals surface area (Å²) < 4.78 is 13.1. The topological polar surface area (TPSA) is 24.9 Å². The highest BCUT2D eigenvalue weighted by Crippen LogP contribution is 2.25.